The number of hydrogen-bond donors (Lipinski definition) is 1. The first-order valence-corrected chi connectivity index (χ1v) is 9.47. The van der Waals surface area contributed by atoms with E-state index in [1.165, 1.54) is 5.56 Å². The maximum absolute atomic E-state index is 12.1. The summed E-state index contributed by atoms with van der Waals surface area (Å²) in [7, 11) is 1.91. The van der Waals surface area contributed by atoms with Crippen LogP contribution < -0.4 is 5.32 Å². The highest BCUT2D eigenvalue weighted by Crippen LogP contribution is 2.10. The Morgan fingerprint density at radius 1 is 1.11 bits per heavy atom. The number of hydrogen-bond acceptors (Lipinski definition) is 5. The lowest BCUT2D eigenvalue weighted by Gasteiger charge is -2.26. The first-order valence-electron chi connectivity index (χ1n) is 9.47. The van der Waals surface area contributed by atoms with Crippen LogP contribution in [0.4, 0.5) is 0 Å². The molecule has 1 amide bonds. The summed E-state index contributed by atoms with van der Waals surface area (Å²) in [4.78, 5) is 16.5. The molecule has 1 fully saturated rings. The van der Waals surface area contributed by atoms with E-state index in [9.17, 15) is 4.79 Å². The highest BCUT2D eigenvalue weighted by Gasteiger charge is 2.11. The molecule has 0 radical (unpaired) electrons. The molecule has 6 heteroatoms. The second-order valence-corrected chi connectivity index (χ2v) is 7.17. The van der Waals surface area contributed by atoms with Crippen molar-refractivity contribution in [2.75, 3.05) is 39.9 Å². The van der Waals surface area contributed by atoms with Crippen LogP contribution in [-0.4, -0.2) is 55.6 Å². The van der Waals surface area contributed by atoms with E-state index < -0.39 is 0 Å². The molecule has 2 heterocycles. The quantitative estimate of drug-likeness (QED) is 0.771. The zero-order chi connectivity index (χ0) is 19.1. The standard InChI is InChI=1S/C21H29N3O3/c1-17-3-8-20(27-17)15-23(2)16-21(25)22-13-18-4-6-19(7-5-18)14-24-9-11-26-12-10-24/h3-8H,9-16H2,1-2H3,(H,22,25). The summed E-state index contributed by atoms with van der Waals surface area (Å²) in [5.74, 6) is 1.77. The number of rotatable bonds is 8. The molecule has 0 spiro atoms. The van der Waals surface area contributed by atoms with Crippen molar-refractivity contribution in [2.24, 2.45) is 0 Å². The normalized spacial score (nSPS) is 15.2. The van der Waals surface area contributed by atoms with E-state index in [1.807, 2.05) is 31.0 Å². The van der Waals surface area contributed by atoms with Crippen LogP contribution in [0.3, 0.4) is 0 Å². The van der Waals surface area contributed by atoms with Gasteiger partial charge in [0.15, 0.2) is 0 Å². The molecule has 0 aliphatic carbocycles. The minimum absolute atomic E-state index is 0.0122. The molecule has 2 aromatic rings. The Bertz CT molecular complexity index is 721. The fourth-order valence-electron chi connectivity index (χ4n) is 3.17. The lowest BCUT2D eigenvalue weighted by molar-refractivity contribution is -0.122. The van der Waals surface area contributed by atoms with Crippen LogP contribution in [0.1, 0.15) is 22.6 Å². The van der Waals surface area contributed by atoms with Crippen molar-refractivity contribution >= 4 is 5.91 Å². The van der Waals surface area contributed by atoms with E-state index in [0.717, 1.165) is 49.9 Å². The predicted octanol–water partition coefficient (Wildman–Crippen LogP) is 2.17. The van der Waals surface area contributed by atoms with Gasteiger partial charge in [0.2, 0.25) is 5.91 Å². The van der Waals surface area contributed by atoms with Crippen LogP contribution in [0.2, 0.25) is 0 Å². The number of morpholine rings is 1. The van der Waals surface area contributed by atoms with Crippen LogP contribution in [0.5, 0.6) is 0 Å². The highest BCUT2D eigenvalue weighted by atomic mass is 16.5. The van der Waals surface area contributed by atoms with Crippen molar-refractivity contribution in [2.45, 2.75) is 26.6 Å². The number of carbonyl (C=O) groups excluding carboxylic acids is 1. The summed E-state index contributed by atoms with van der Waals surface area (Å²) >= 11 is 0. The number of amides is 1. The number of nitrogens with zero attached hydrogens (tertiary/aromatic N) is 2. The molecule has 0 bridgehead atoms. The predicted molar refractivity (Wildman–Crippen MR) is 104 cm³/mol. The Morgan fingerprint density at radius 3 is 2.48 bits per heavy atom. The van der Waals surface area contributed by atoms with Gasteiger partial charge in [-0.3, -0.25) is 14.6 Å². The van der Waals surface area contributed by atoms with E-state index in [1.54, 1.807) is 0 Å². The third-order valence-electron chi connectivity index (χ3n) is 4.66. The van der Waals surface area contributed by atoms with Crippen LogP contribution in [0.25, 0.3) is 0 Å². The van der Waals surface area contributed by atoms with Gasteiger partial charge >= 0.3 is 0 Å². The summed E-state index contributed by atoms with van der Waals surface area (Å²) in [6.45, 7) is 7.99. The van der Waals surface area contributed by atoms with Gasteiger partial charge in [0.25, 0.3) is 0 Å². The molecular formula is C21H29N3O3. The van der Waals surface area contributed by atoms with E-state index >= 15 is 0 Å². The Labute approximate surface area is 161 Å². The molecule has 27 heavy (non-hydrogen) atoms. The Hall–Kier alpha value is -2.15. The lowest BCUT2D eigenvalue weighted by atomic mass is 10.1. The second-order valence-electron chi connectivity index (χ2n) is 7.17. The first-order chi connectivity index (χ1) is 13.1. The molecule has 1 saturated heterocycles. The Morgan fingerprint density at radius 2 is 1.81 bits per heavy atom. The van der Waals surface area contributed by atoms with Gasteiger partial charge in [0, 0.05) is 26.2 Å². The number of carbonyl (C=O) groups is 1. The zero-order valence-corrected chi connectivity index (χ0v) is 16.2. The van der Waals surface area contributed by atoms with E-state index in [-0.39, 0.29) is 5.91 Å². The van der Waals surface area contributed by atoms with Crippen molar-refractivity contribution < 1.29 is 13.9 Å². The number of furan rings is 1. The van der Waals surface area contributed by atoms with Crippen LogP contribution in [-0.2, 0) is 29.2 Å². The Kier molecular flexibility index (Phi) is 7.04. The molecule has 1 N–H and O–H groups in total. The van der Waals surface area contributed by atoms with Gasteiger partial charge in [-0.2, -0.15) is 0 Å². The fraction of sp³-hybridized carbons (Fsp3) is 0.476. The van der Waals surface area contributed by atoms with Gasteiger partial charge in [0.05, 0.1) is 26.3 Å². The summed E-state index contributed by atoms with van der Waals surface area (Å²) in [6.07, 6.45) is 0. The van der Waals surface area contributed by atoms with Gasteiger partial charge in [-0.05, 0) is 37.2 Å². The SMILES string of the molecule is Cc1ccc(CN(C)CC(=O)NCc2ccc(CN3CCOCC3)cc2)o1. The molecule has 1 aliphatic rings. The Balaban J connectivity index is 1.39. The molecule has 1 aliphatic heterocycles. The largest absolute Gasteiger partial charge is 0.465 e. The minimum Gasteiger partial charge on any atom is -0.465 e. The van der Waals surface area contributed by atoms with Gasteiger partial charge in [-0.15, -0.1) is 0 Å². The lowest BCUT2D eigenvalue weighted by Crippen LogP contribution is -2.35. The molecule has 6 nitrogen and oxygen atoms in total. The van der Waals surface area contributed by atoms with Crippen LogP contribution in [0, 0.1) is 6.92 Å². The maximum Gasteiger partial charge on any atom is 0.234 e. The van der Waals surface area contributed by atoms with Gasteiger partial charge in [-0.1, -0.05) is 24.3 Å². The average Bonchev–Trinajstić information content (AvgIpc) is 3.06. The van der Waals surface area contributed by atoms with Crippen molar-refractivity contribution in [1.29, 1.82) is 0 Å². The maximum atomic E-state index is 12.1. The smallest absolute Gasteiger partial charge is 0.234 e. The molecule has 0 saturated carbocycles. The number of nitrogens with one attached hydrogen (secondary N) is 1. The summed E-state index contributed by atoms with van der Waals surface area (Å²) in [6, 6.07) is 12.3. The van der Waals surface area contributed by atoms with E-state index in [0.29, 0.717) is 19.6 Å². The monoisotopic (exact) mass is 371 g/mol. The number of ether oxygens (including phenoxy) is 1. The minimum atomic E-state index is 0.0122. The summed E-state index contributed by atoms with van der Waals surface area (Å²) in [5, 5.41) is 2.98. The van der Waals surface area contributed by atoms with E-state index in [4.69, 9.17) is 9.15 Å². The van der Waals surface area contributed by atoms with Gasteiger partial charge < -0.3 is 14.5 Å². The van der Waals surface area contributed by atoms with Gasteiger partial charge in [-0.25, -0.2) is 0 Å². The summed E-state index contributed by atoms with van der Waals surface area (Å²) in [5.41, 5.74) is 2.40. The second kappa shape index (κ2) is 9.69. The van der Waals surface area contributed by atoms with Crippen molar-refractivity contribution in [3.05, 3.63) is 59.0 Å². The van der Waals surface area contributed by atoms with Crippen molar-refractivity contribution in [3.8, 4) is 0 Å². The van der Waals surface area contributed by atoms with Gasteiger partial charge in [0.1, 0.15) is 11.5 Å². The molecule has 146 valence electrons. The fourth-order valence-corrected chi connectivity index (χ4v) is 3.17. The molecule has 3 rings (SSSR count). The molecule has 1 aromatic heterocycles. The first kappa shape index (κ1) is 19.6. The van der Waals surface area contributed by atoms with Crippen LogP contribution in [0.15, 0.2) is 40.8 Å². The van der Waals surface area contributed by atoms with Crippen LogP contribution >= 0.6 is 0 Å². The third kappa shape index (κ3) is 6.50. The molecular weight excluding hydrogens is 342 g/mol. The molecule has 0 atom stereocenters. The number of benzene rings is 1. The highest BCUT2D eigenvalue weighted by molar-refractivity contribution is 5.77. The zero-order valence-electron chi connectivity index (χ0n) is 16.2. The number of likely N-dealkylation sites (N-methyl/N-ethyl adjacent to an activating group) is 1. The van der Waals surface area contributed by atoms with E-state index in [2.05, 4.69) is 34.5 Å². The van der Waals surface area contributed by atoms with Crippen molar-refractivity contribution in [3.63, 3.8) is 0 Å². The molecule has 0 unspecified atom stereocenters. The number of aryl methyl sites for hydroxylation is 1. The van der Waals surface area contributed by atoms with Crippen molar-refractivity contribution in [1.82, 2.24) is 15.1 Å². The third-order valence-corrected chi connectivity index (χ3v) is 4.66. The topological polar surface area (TPSA) is 58.0 Å². The molecule has 1 aromatic carbocycles. The summed E-state index contributed by atoms with van der Waals surface area (Å²) < 4.78 is 10.9. The average molecular weight is 371 g/mol.